The third-order valence-electron chi connectivity index (χ3n) is 3.63. The Bertz CT molecular complexity index is 392. The number of allylic oxidation sites excluding steroid dienone is 1. The fraction of sp³-hybridized carbons (Fsp3) is 0.812. The van der Waals surface area contributed by atoms with E-state index in [1.54, 1.807) is 11.2 Å². The van der Waals surface area contributed by atoms with E-state index in [0.29, 0.717) is 26.3 Å². The van der Waals surface area contributed by atoms with Crippen molar-refractivity contribution in [2.45, 2.75) is 51.4 Å². The minimum atomic E-state index is -0.477. The first-order valence-electron chi connectivity index (χ1n) is 8.04. The number of hydrogen-bond acceptors (Lipinski definition) is 5. The predicted molar refractivity (Wildman–Crippen MR) is 83.7 cm³/mol. The van der Waals surface area contributed by atoms with Crippen molar-refractivity contribution < 1.29 is 19.0 Å². The maximum absolute atomic E-state index is 12.3. The number of nitrogens with one attached hydrogen (secondary N) is 1. The highest BCUT2D eigenvalue weighted by Crippen LogP contribution is 2.14. The molecule has 2 aliphatic rings. The van der Waals surface area contributed by atoms with Crippen molar-refractivity contribution in [2.75, 3.05) is 32.8 Å². The summed E-state index contributed by atoms with van der Waals surface area (Å²) in [6.45, 7) is 8.78. The molecule has 126 valence electrons. The van der Waals surface area contributed by atoms with Crippen LogP contribution in [0.2, 0.25) is 0 Å². The summed E-state index contributed by atoms with van der Waals surface area (Å²) in [5.41, 5.74) is -0.477. The number of morpholine rings is 1. The van der Waals surface area contributed by atoms with Gasteiger partial charge in [0, 0.05) is 19.6 Å². The van der Waals surface area contributed by atoms with Crippen LogP contribution in [0.5, 0.6) is 0 Å². The van der Waals surface area contributed by atoms with Gasteiger partial charge in [-0.1, -0.05) is 0 Å². The molecule has 0 aliphatic carbocycles. The molecule has 0 saturated carbocycles. The van der Waals surface area contributed by atoms with E-state index in [1.807, 2.05) is 26.8 Å². The summed E-state index contributed by atoms with van der Waals surface area (Å²) in [6.07, 6.45) is 5.84. The average Bonchev–Trinajstić information content (AvgIpc) is 2.47. The fourth-order valence-electron chi connectivity index (χ4n) is 2.53. The van der Waals surface area contributed by atoms with Crippen molar-refractivity contribution in [3.8, 4) is 0 Å². The summed E-state index contributed by atoms with van der Waals surface area (Å²) < 4.78 is 16.5. The zero-order valence-corrected chi connectivity index (χ0v) is 13.8. The van der Waals surface area contributed by atoms with Gasteiger partial charge in [0.1, 0.15) is 11.7 Å². The van der Waals surface area contributed by atoms with Crippen molar-refractivity contribution in [2.24, 2.45) is 0 Å². The lowest BCUT2D eigenvalue weighted by atomic mass is 10.1. The van der Waals surface area contributed by atoms with Crippen molar-refractivity contribution in [3.63, 3.8) is 0 Å². The maximum Gasteiger partial charge on any atom is 0.410 e. The second kappa shape index (κ2) is 7.83. The SMILES string of the molecule is CC(C)(C)OC(=O)N1CCOCC1CNCC1CCC=CO1. The number of hydrogen-bond donors (Lipinski definition) is 1. The minimum absolute atomic E-state index is 0.00253. The molecule has 0 aromatic heterocycles. The van der Waals surface area contributed by atoms with Crippen LogP contribution >= 0.6 is 0 Å². The monoisotopic (exact) mass is 312 g/mol. The van der Waals surface area contributed by atoms with Gasteiger partial charge in [0.05, 0.1) is 25.5 Å². The van der Waals surface area contributed by atoms with E-state index >= 15 is 0 Å². The molecular formula is C16H28N2O4. The van der Waals surface area contributed by atoms with Gasteiger partial charge < -0.3 is 19.5 Å². The smallest absolute Gasteiger partial charge is 0.410 e. The molecule has 2 unspecified atom stereocenters. The first-order chi connectivity index (χ1) is 10.5. The second-order valence-corrected chi connectivity index (χ2v) is 6.77. The van der Waals surface area contributed by atoms with Gasteiger partial charge in [-0.3, -0.25) is 4.90 Å². The number of ether oxygens (including phenoxy) is 3. The van der Waals surface area contributed by atoms with Gasteiger partial charge in [0.15, 0.2) is 0 Å². The highest BCUT2D eigenvalue weighted by Gasteiger charge is 2.30. The van der Waals surface area contributed by atoms with Gasteiger partial charge >= 0.3 is 6.09 Å². The fourth-order valence-corrected chi connectivity index (χ4v) is 2.53. The Morgan fingerprint density at radius 2 is 2.23 bits per heavy atom. The first-order valence-corrected chi connectivity index (χ1v) is 8.04. The van der Waals surface area contributed by atoms with E-state index in [2.05, 4.69) is 5.32 Å². The molecule has 2 atom stereocenters. The number of amides is 1. The van der Waals surface area contributed by atoms with Gasteiger partial charge in [-0.25, -0.2) is 4.79 Å². The van der Waals surface area contributed by atoms with Gasteiger partial charge in [0.25, 0.3) is 0 Å². The van der Waals surface area contributed by atoms with Gasteiger partial charge in [0.2, 0.25) is 0 Å². The quantitative estimate of drug-likeness (QED) is 0.859. The summed E-state index contributed by atoms with van der Waals surface area (Å²) in [5.74, 6) is 0. The largest absolute Gasteiger partial charge is 0.497 e. The van der Waals surface area contributed by atoms with Crippen molar-refractivity contribution in [1.82, 2.24) is 10.2 Å². The second-order valence-electron chi connectivity index (χ2n) is 6.77. The van der Waals surface area contributed by atoms with Crippen LogP contribution in [-0.2, 0) is 14.2 Å². The summed E-state index contributed by atoms with van der Waals surface area (Å²) in [5, 5.41) is 3.38. The first kappa shape index (κ1) is 17.1. The van der Waals surface area contributed by atoms with Crippen molar-refractivity contribution >= 4 is 6.09 Å². The Morgan fingerprint density at radius 3 is 2.91 bits per heavy atom. The van der Waals surface area contributed by atoms with E-state index in [-0.39, 0.29) is 18.2 Å². The van der Waals surface area contributed by atoms with Crippen molar-refractivity contribution in [1.29, 1.82) is 0 Å². The van der Waals surface area contributed by atoms with Gasteiger partial charge in [-0.05, 0) is 39.7 Å². The van der Waals surface area contributed by atoms with Crippen LogP contribution in [0.1, 0.15) is 33.6 Å². The summed E-state index contributed by atoms with van der Waals surface area (Å²) in [4.78, 5) is 14.0. The lowest BCUT2D eigenvalue weighted by Gasteiger charge is -2.37. The minimum Gasteiger partial charge on any atom is -0.497 e. The lowest BCUT2D eigenvalue weighted by molar-refractivity contribution is -0.0322. The Morgan fingerprint density at radius 1 is 1.41 bits per heavy atom. The summed E-state index contributed by atoms with van der Waals surface area (Å²) in [7, 11) is 0. The molecule has 0 aromatic carbocycles. The molecule has 0 aromatic rings. The molecule has 22 heavy (non-hydrogen) atoms. The third kappa shape index (κ3) is 5.50. The molecule has 2 aliphatic heterocycles. The molecule has 1 N–H and O–H groups in total. The number of carbonyl (C=O) groups is 1. The lowest BCUT2D eigenvalue weighted by Crippen LogP contribution is -2.54. The Labute approximate surface area is 132 Å². The molecule has 1 saturated heterocycles. The topological polar surface area (TPSA) is 60.0 Å². The Kier molecular flexibility index (Phi) is 6.08. The van der Waals surface area contributed by atoms with Crippen LogP contribution in [-0.4, -0.2) is 61.6 Å². The van der Waals surface area contributed by atoms with E-state index in [1.165, 1.54) is 0 Å². The van der Waals surface area contributed by atoms with E-state index < -0.39 is 5.60 Å². The molecule has 2 rings (SSSR count). The molecule has 1 fully saturated rings. The molecule has 0 bridgehead atoms. The Hall–Kier alpha value is -1.27. The predicted octanol–water partition coefficient (Wildman–Crippen LogP) is 1.90. The van der Waals surface area contributed by atoms with Crippen LogP contribution in [0.4, 0.5) is 4.79 Å². The van der Waals surface area contributed by atoms with Crippen molar-refractivity contribution in [3.05, 3.63) is 12.3 Å². The van der Waals surface area contributed by atoms with E-state index in [0.717, 1.165) is 19.4 Å². The molecule has 0 radical (unpaired) electrons. The third-order valence-corrected chi connectivity index (χ3v) is 3.63. The van der Waals surface area contributed by atoms with Crippen LogP contribution in [0, 0.1) is 0 Å². The zero-order valence-electron chi connectivity index (χ0n) is 13.8. The molecule has 6 nitrogen and oxygen atoms in total. The molecular weight excluding hydrogens is 284 g/mol. The molecule has 6 heteroatoms. The summed E-state index contributed by atoms with van der Waals surface area (Å²) >= 11 is 0. The molecule has 0 spiro atoms. The van der Waals surface area contributed by atoms with Crippen LogP contribution in [0.25, 0.3) is 0 Å². The van der Waals surface area contributed by atoms with Crippen LogP contribution < -0.4 is 5.32 Å². The van der Waals surface area contributed by atoms with E-state index in [9.17, 15) is 4.79 Å². The normalized spacial score (nSPS) is 25.7. The average molecular weight is 312 g/mol. The number of nitrogens with zero attached hydrogens (tertiary/aromatic N) is 1. The number of rotatable bonds is 4. The molecule has 2 heterocycles. The van der Waals surface area contributed by atoms with Gasteiger partial charge in [-0.2, -0.15) is 0 Å². The highest BCUT2D eigenvalue weighted by molar-refractivity contribution is 5.68. The van der Waals surface area contributed by atoms with Crippen LogP contribution in [0.15, 0.2) is 12.3 Å². The van der Waals surface area contributed by atoms with Gasteiger partial charge in [-0.15, -0.1) is 0 Å². The Balaban J connectivity index is 1.79. The standard InChI is InChI=1S/C16H28N2O4/c1-16(2,3)22-15(19)18-7-9-20-12-13(18)10-17-11-14-6-4-5-8-21-14/h5,8,13-14,17H,4,6-7,9-12H2,1-3H3. The zero-order chi connectivity index (χ0) is 16.0. The highest BCUT2D eigenvalue weighted by atomic mass is 16.6. The summed E-state index contributed by atoms with van der Waals surface area (Å²) in [6, 6.07) is 0.00253. The van der Waals surface area contributed by atoms with E-state index in [4.69, 9.17) is 14.2 Å². The van der Waals surface area contributed by atoms with Crippen LogP contribution in [0.3, 0.4) is 0 Å². The maximum atomic E-state index is 12.3. The number of carbonyl (C=O) groups excluding carboxylic acids is 1. The molecule has 1 amide bonds.